The van der Waals surface area contributed by atoms with Crippen LogP contribution in [0.5, 0.6) is 0 Å². The third-order valence-corrected chi connectivity index (χ3v) is 5.30. The molecule has 2 aliphatic rings. The first-order valence-electron chi connectivity index (χ1n) is 10.4. The van der Waals surface area contributed by atoms with E-state index in [0.29, 0.717) is 6.10 Å². The molecule has 0 saturated heterocycles. The average Bonchev–Trinajstić information content (AvgIpc) is 3.26. The lowest BCUT2D eigenvalue weighted by Gasteiger charge is -2.22. The second-order valence-corrected chi connectivity index (χ2v) is 7.38. The van der Waals surface area contributed by atoms with Crippen LogP contribution in [0, 0.1) is 0 Å². The maximum absolute atomic E-state index is 5.98. The molecule has 0 bridgehead atoms. The van der Waals surface area contributed by atoms with Crippen molar-refractivity contribution < 1.29 is 4.74 Å². The molecule has 1 heterocycles. The fourth-order valence-corrected chi connectivity index (χ4v) is 3.72. The topological polar surface area (TPSA) is 48.9 Å². The van der Waals surface area contributed by atoms with Gasteiger partial charge in [-0.25, -0.2) is 0 Å². The highest BCUT2D eigenvalue weighted by Gasteiger charge is 2.13. The molecule has 5 nitrogen and oxygen atoms in total. The number of nitrogens with zero attached hydrogens (tertiary/aromatic N) is 2. The number of guanidine groups is 1. The lowest BCUT2D eigenvalue weighted by molar-refractivity contribution is 0.0277. The number of nitrogens with one attached hydrogen (secondary N) is 2. The summed E-state index contributed by atoms with van der Waals surface area (Å²) < 4.78 is 5.98. The van der Waals surface area contributed by atoms with E-state index in [-0.39, 0.29) is 0 Å². The van der Waals surface area contributed by atoms with Crippen molar-refractivity contribution in [2.75, 3.05) is 38.2 Å². The molecule has 0 radical (unpaired) electrons. The number of hydrogen-bond donors (Lipinski definition) is 2. The van der Waals surface area contributed by atoms with Gasteiger partial charge in [-0.2, -0.15) is 0 Å². The van der Waals surface area contributed by atoms with E-state index >= 15 is 0 Å². The van der Waals surface area contributed by atoms with Crippen molar-refractivity contribution in [2.45, 2.75) is 51.2 Å². The van der Waals surface area contributed by atoms with Gasteiger partial charge in [-0.1, -0.05) is 43.5 Å². The Morgan fingerprint density at radius 1 is 1.15 bits per heavy atom. The molecule has 0 unspecified atom stereocenters. The Balaban J connectivity index is 1.33. The molecule has 1 fully saturated rings. The number of ether oxygens (including phenoxy) is 1. The van der Waals surface area contributed by atoms with Crippen molar-refractivity contribution >= 4 is 11.6 Å². The molecule has 27 heavy (non-hydrogen) atoms. The summed E-state index contributed by atoms with van der Waals surface area (Å²) in [6, 6.07) is 8.72. The van der Waals surface area contributed by atoms with Crippen molar-refractivity contribution in [1.82, 2.24) is 10.6 Å². The van der Waals surface area contributed by atoms with Crippen LogP contribution in [0.2, 0.25) is 0 Å². The van der Waals surface area contributed by atoms with Crippen LogP contribution in [-0.4, -0.2) is 45.4 Å². The summed E-state index contributed by atoms with van der Waals surface area (Å²) in [5, 5.41) is 6.79. The molecule has 1 saturated carbocycles. The highest BCUT2D eigenvalue weighted by atomic mass is 16.5. The Bertz CT molecular complexity index is 614. The molecule has 1 aliphatic carbocycles. The van der Waals surface area contributed by atoms with Crippen molar-refractivity contribution in [2.24, 2.45) is 4.99 Å². The SMILES string of the molecule is CN=C(NCCCOC1CCCCC1)NCc1cccc(N2CC=CC2)c1. The van der Waals surface area contributed by atoms with Crippen LogP contribution in [0.15, 0.2) is 41.4 Å². The minimum atomic E-state index is 0.495. The summed E-state index contributed by atoms with van der Waals surface area (Å²) in [5.74, 6) is 0.848. The van der Waals surface area contributed by atoms with Crippen molar-refractivity contribution in [3.8, 4) is 0 Å². The number of hydrogen-bond acceptors (Lipinski definition) is 3. The van der Waals surface area contributed by atoms with E-state index in [0.717, 1.165) is 45.2 Å². The summed E-state index contributed by atoms with van der Waals surface area (Å²) in [7, 11) is 1.82. The monoisotopic (exact) mass is 370 g/mol. The van der Waals surface area contributed by atoms with Crippen LogP contribution in [0.1, 0.15) is 44.1 Å². The van der Waals surface area contributed by atoms with E-state index < -0.39 is 0 Å². The maximum Gasteiger partial charge on any atom is 0.191 e. The van der Waals surface area contributed by atoms with Crippen molar-refractivity contribution in [3.05, 3.63) is 42.0 Å². The van der Waals surface area contributed by atoms with E-state index in [4.69, 9.17) is 4.74 Å². The smallest absolute Gasteiger partial charge is 0.191 e. The quantitative estimate of drug-likeness (QED) is 0.318. The van der Waals surface area contributed by atoms with E-state index in [9.17, 15) is 0 Å². The summed E-state index contributed by atoms with van der Waals surface area (Å²) >= 11 is 0. The molecule has 1 aromatic carbocycles. The van der Waals surface area contributed by atoms with Gasteiger partial charge in [0.15, 0.2) is 5.96 Å². The Kier molecular flexibility index (Phi) is 8.03. The van der Waals surface area contributed by atoms with Gasteiger partial charge in [0.05, 0.1) is 6.10 Å². The number of rotatable bonds is 8. The van der Waals surface area contributed by atoms with Crippen LogP contribution >= 0.6 is 0 Å². The van der Waals surface area contributed by atoms with Gasteiger partial charge < -0.3 is 20.3 Å². The third-order valence-electron chi connectivity index (χ3n) is 5.30. The average molecular weight is 371 g/mol. The predicted molar refractivity (Wildman–Crippen MR) is 113 cm³/mol. The first kappa shape index (κ1) is 19.7. The normalized spacial score (nSPS) is 18.1. The molecular weight excluding hydrogens is 336 g/mol. The zero-order valence-corrected chi connectivity index (χ0v) is 16.6. The van der Waals surface area contributed by atoms with E-state index in [2.05, 4.69) is 56.9 Å². The molecule has 0 spiro atoms. The second kappa shape index (κ2) is 11.0. The fraction of sp³-hybridized carbons (Fsp3) is 0.591. The van der Waals surface area contributed by atoms with Crippen LogP contribution in [0.25, 0.3) is 0 Å². The zero-order chi connectivity index (χ0) is 18.7. The minimum Gasteiger partial charge on any atom is -0.378 e. The first-order valence-corrected chi connectivity index (χ1v) is 10.4. The molecule has 0 amide bonds. The van der Waals surface area contributed by atoms with Crippen molar-refractivity contribution in [3.63, 3.8) is 0 Å². The molecule has 148 valence electrons. The van der Waals surface area contributed by atoms with Gasteiger partial charge in [0.2, 0.25) is 0 Å². The number of anilines is 1. The van der Waals surface area contributed by atoms with Crippen LogP contribution < -0.4 is 15.5 Å². The number of aliphatic imine (C=N–C) groups is 1. The summed E-state index contributed by atoms with van der Waals surface area (Å²) in [6.45, 7) is 4.49. The predicted octanol–water partition coefficient (Wildman–Crippen LogP) is 3.47. The van der Waals surface area contributed by atoms with Crippen LogP contribution in [-0.2, 0) is 11.3 Å². The zero-order valence-electron chi connectivity index (χ0n) is 16.6. The molecular formula is C22H34N4O. The standard InChI is InChI=1S/C22H34N4O/c1-23-22(24-13-8-16-27-21-11-3-2-4-12-21)25-18-19-9-7-10-20(17-19)26-14-5-6-15-26/h5-7,9-10,17,21H,2-4,8,11-16,18H2,1H3,(H2,23,24,25). The molecule has 0 atom stereocenters. The fourth-order valence-electron chi connectivity index (χ4n) is 3.72. The molecule has 1 aromatic rings. The van der Waals surface area contributed by atoms with Gasteiger partial charge in [-0.3, -0.25) is 4.99 Å². The van der Waals surface area contributed by atoms with Gasteiger partial charge in [0, 0.05) is 45.5 Å². The van der Waals surface area contributed by atoms with E-state index in [1.807, 2.05) is 7.05 Å². The Morgan fingerprint density at radius 3 is 2.74 bits per heavy atom. The molecule has 0 aromatic heterocycles. The first-order chi connectivity index (χ1) is 13.3. The van der Waals surface area contributed by atoms with Gasteiger partial charge in [0.1, 0.15) is 0 Å². The highest BCUT2D eigenvalue weighted by Crippen LogP contribution is 2.20. The maximum atomic E-state index is 5.98. The van der Waals surface area contributed by atoms with E-state index in [1.54, 1.807) is 0 Å². The van der Waals surface area contributed by atoms with E-state index in [1.165, 1.54) is 43.4 Å². The lowest BCUT2D eigenvalue weighted by Crippen LogP contribution is -2.37. The Morgan fingerprint density at radius 2 is 1.96 bits per heavy atom. The van der Waals surface area contributed by atoms with Crippen molar-refractivity contribution in [1.29, 1.82) is 0 Å². The van der Waals surface area contributed by atoms with Gasteiger partial charge in [-0.15, -0.1) is 0 Å². The minimum absolute atomic E-state index is 0.495. The molecule has 5 heteroatoms. The van der Waals surface area contributed by atoms with Crippen LogP contribution in [0.4, 0.5) is 5.69 Å². The van der Waals surface area contributed by atoms with Gasteiger partial charge in [0.25, 0.3) is 0 Å². The summed E-state index contributed by atoms with van der Waals surface area (Å²) in [5.41, 5.74) is 2.55. The largest absolute Gasteiger partial charge is 0.378 e. The Labute approximate surface area is 163 Å². The summed E-state index contributed by atoms with van der Waals surface area (Å²) in [6.07, 6.45) is 12.4. The summed E-state index contributed by atoms with van der Waals surface area (Å²) in [4.78, 5) is 6.69. The molecule has 3 rings (SSSR count). The van der Waals surface area contributed by atoms with Gasteiger partial charge in [-0.05, 0) is 37.0 Å². The lowest BCUT2D eigenvalue weighted by atomic mass is 9.98. The third kappa shape index (κ3) is 6.58. The Hall–Kier alpha value is -2.01. The molecule has 1 aliphatic heterocycles. The van der Waals surface area contributed by atoms with Gasteiger partial charge >= 0.3 is 0 Å². The second-order valence-electron chi connectivity index (χ2n) is 7.38. The molecule has 2 N–H and O–H groups in total. The highest BCUT2D eigenvalue weighted by molar-refractivity contribution is 5.79. The van der Waals surface area contributed by atoms with Crippen LogP contribution in [0.3, 0.4) is 0 Å². The number of benzene rings is 1.